The largest absolute Gasteiger partial charge is 0.468 e. The predicted molar refractivity (Wildman–Crippen MR) is 121 cm³/mol. The van der Waals surface area contributed by atoms with E-state index in [9.17, 15) is 0 Å². The van der Waals surface area contributed by atoms with Crippen LogP contribution in [0.25, 0.3) is 0 Å². The van der Waals surface area contributed by atoms with Crippen LogP contribution in [0.15, 0.2) is 46.1 Å². The highest BCUT2D eigenvalue weighted by molar-refractivity contribution is 5.79. The summed E-state index contributed by atoms with van der Waals surface area (Å²) in [5.41, 5.74) is 1.12. The third kappa shape index (κ3) is 5.33. The number of nitrogens with zero attached hydrogens (tertiary/aromatic N) is 4. The fourth-order valence-electron chi connectivity index (χ4n) is 4.29. The van der Waals surface area contributed by atoms with E-state index in [2.05, 4.69) is 50.5 Å². The van der Waals surface area contributed by atoms with E-state index in [1.807, 2.05) is 12.3 Å². The molecule has 7 heteroatoms. The number of aromatic nitrogens is 1. The minimum Gasteiger partial charge on any atom is -0.468 e. The average molecular weight is 411 g/mol. The number of hydrogen-bond acceptors (Lipinski definition) is 5. The van der Waals surface area contributed by atoms with Crippen LogP contribution < -0.4 is 15.5 Å². The molecule has 0 aliphatic carbocycles. The second-order valence-electron chi connectivity index (χ2n) is 8.07. The maximum atomic E-state index is 5.73. The molecule has 4 rings (SSSR count). The molecule has 1 unspecified atom stereocenters. The maximum absolute atomic E-state index is 5.73. The molecule has 0 aromatic carbocycles. The first-order chi connectivity index (χ1) is 14.8. The molecule has 0 saturated carbocycles. The van der Waals surface area contributed by atoms with Crippen molar-refractivity contribution in [2.45, 2.75) is 45.2 Å². The van der Waals surface area contributed by atoms with Crippen molar-refractivity contribution in [2.75, 3.05) is 44.2 Å². The zero-order chi connectivity index (χ0) is 20.6. The third-order valence-corrected chi connectivity index (χ3v) is 5.92. The Labute approximate surface area is 179 Å². The summed E-state index contributed by atoms with van der Waals surface area (Å²) in [6.07, 6.45) is 8.76. The Morgan fingerprint density at radius 2 is 1.90 bits per heavy atom. The lowest BCUT2D eigenvalue weighted by Crippen LogP contribution is -2.42. The summed E-state index contributed by atoms with van der Waals surface area (Å²) in [5, 5.41) is 6.88. The number of pyridine rings is 1. The van der Waals surface area contributed by atoms with Crippen molar-refractivity contribution in [2.24, 2.45) is 4.99 Å². The summed E-state index contributed by atoms with van der Waals surface area (Å²) in [5.74, 6) is 2.93. The van der Waals surface area contributed by atoms with Crippen molar-refractivity contribution in [1.29, 1.82) is 0 Å². The molecule has 2 aromatic rings. The quantitative estimate of drug-likeness (QED) is 0.515. The molecule has 1 atom stereocenters. The third-order valence-electron chi connectivity index (χ3n) is 5.92. The first kappa shape index (κ1) is 20.7. The number of aliphatic imine (C=N–C) groups is 1. The van der Waals surface area contributed by atoms with Crippen molar-refractivity contribution < 1.29 is 4.42 Å². The molecule has 0 spiro atoms. The zero-order valence-electron chi connectivity index (χ0n) is 18.0. The molecule has 4 heterocycles. The molecule has 2 aliphatic rings. The van der Waals surface area contributed by atoms with Crippen molar-refractivity contribution in [3.63, 3.8) is 0 Å². The second kappa shape index (κ2) is 10.5. The van der Waals surface area contributed by atoms with Gasteiger partial charge in [0, 0.05) is 32.4 Å². The van der Waals surface area contributed by atoms with Crippen molar-refractivity contribution >= 4 is 11.8 Å². The molecule has 2 aromatic heterocycles. The summed E-state index contributed by atoms with van der Waals surface area (Å²) in [7, 11) is 0. The highest BCUT2D eigenvalue weighted by atomic mass is 16.3. The normalized spacial score (nSPS) is 18.7. The Morgan fingerprint density at radius 1 is 1.10 bits per heavy atom. The van der Waals surface area contributed by atoms with E-state index in [0.29, 0.717) is 6.54 Å². The van der Waals surface area contributed by atoms with Crippen molar-refractivity contribution in [1.82, 2.24) is 20.5 Å². The molecule has 162 valence electrons. The van der Waals surface area contributed by atoms with E-state index in [1.54, 1.807) is 6.26 Å². The van der Waals surface area contributed by atoms with Crippen LogP contribution >= 0.6 is 0 Å². The van der Waals surface area contributed by atoms with Crippen molar-refractivity contribution in [3.8, 4) is 0 Å². The highest BCUT2D eigenvalue weighted by Gasteiger charge is 2.25. The van der Waals surface area contributed by atoms with Crippen molar-refractivity contribution in [3.05, 3.63) is 48.0 Å². The fraction of sp³-hybridized carbons (Fsp3) is 0.565. The predicted octanol–water partition coefficient (Wildman–Crippen LogP) is 3.17. The monoisotopic (exact) mass is 410 g/mol. The SMILES string of the molecule is CCNC(=NCc1ccc(N2CCCC2)nc1)NCC(c1ccco1)N1CCCC1. The van der Waals surface area contributed by atoms with Gasteiger partial charge >= 0.3 is 0 Å². The van der Waals surface area contributed by atoms with Crippen LogP contribution in [0.2, 0.25) is 0 Å². The Balaban J connectivity index is 1.36. The summed E-state index contributed by atoms with van der Waals surface area (Å²) >= 11 is 0. The maximum Gasteiger partial charge on any atom is 0.191 e. The number of rotatable bonds is 8. The standard InChI is InChI=1S/C23H34N6O/c1-2-24-23(26-17-19-9-10-22(25-16-19)29-13-5-6-14-29)27-18-20(21-8-7-15-30-21)28-11-3-4-12-28/h7-10,15-16,20H,2-6,11-14,17-18H2,1H3,(H2,24,26,27). The number of anilines is 1. The van der Waals surface area contributed by atoms with E-state index >= 15 is 0 Å². The lowest BCUT2D eigenvalue weighted by atomic mass is 10.2. The van der Waals surface area contributed by atoms with Gasteiger partial charge in [-0.25, -0.2) is 9.98 Å². The lowest BCUT2D eigenvalue weighted by Gasteiger charge is -2.26. The zero-order valence-corrected chi connectivity index (χ0v) is 18.0. The minimum absolute atomic E-state index is 0.229. The number of guanidine groups is 1. The Morgan fingerprint density at radius 3 is 2.57 bits per heavy atom. The first-order valence-electron chi connectivity index (χ1n) is 11.3. The van der Waals surface area contributed by atoms with Crippen LogP contribution in [0.1, 0.15) is 50.0 Å². The second-order valence-corrected chi connectivity index (χ2v) is 8.07. The molecule has 0 amide bonds. The molecule has 2 aliphatic heterocycles. The lowest BCUT2D eigenvalue weighted by molar-refractivity contribution is 0.215. The first-order valence-corrected chi connectivity index (χ1v) is 11.3. The van der Waals surface area contributed by atoms with Gasteiger partial charge in [0.1, 0.15) is 11.6 Å². The molecule has 2 saturated heterocycles. The smallest absolute Gasteiger partial charge is 0.191 e. The van der Waals surface area contributed by atoms with Gasteiger partial charge in [-0.05, 0) is 69.5 Å². The van der Waals surface area contributed by atoms with E-state index in [-0.39, 0.29) is 6.04 Å². The van der Waals surface area contributed by atoms with Crippen LogP contribution in [0, 0.1) is 0 Å². The molecular formula is C23H34N6O. The van der Waals surface area contributed by atoms with Gasteiger partial charge in [-0.2, -0.15) is 0 Å². The summed E-state index contributed by atoms with van der Waals surface area (Å²) < 4.78 is 5.73. The number of likely N-dealkylation sites (tertiary alicyclic amines) is 1. The summed E-state index contributed by atoms with van der Waals surface area (Å²) in [6.45, 7) is 8.77. The van der Waals surface area contributed by atoms with Gasteiger partial charge in [-0.1, -0.05) is 6.07 Å². The van der Waals surface area contributed by atoms with Gasteiger partial charge in [0.15, 0.2) is 5.96 Å². The van der Waals surface area contributed by atoms with Crippen LogP contribution in [0.4, 0.5) is 5.82 Å². The Bertz CT molecular complexity index is 777. The van der Waals surface area contributed by atoms with Gasteiger partial charge in [0.25, 0.3) is 0 Å². The van der Waals surface area contributed by atoms with E-state index in [4.69, 9.17) is 9.41 Å². The van der Waals surface area contributed by atoms with Gasteiger partial charge in [0.2, 0.25) is 0 Å². The molecule has 2 N–H and O–H groups in total. The topological polar surface area (TPSA) is 68.9 Å². The van der Waals surface area contributed by atoms with Gasteiger partial charge < -0.3 is 20.0 Å². The van der Waals surface area contributed by atoms with Gasteiger partial charge in [-0.3, -0.25) is 4.90 Å². The molecule has 2 fully saturated rings. The van der Waals surface area contributed by atoms with E-state index in [1.165, 1.54) is 25.7 Å². The summed E-state index contributed by atoms with van der Waals surface area (Å²) in [4.78, 5) is 14.3. The average Bonchev–Trinajstić information content (AvgIpc) is 3.56. The van der Waals surface area contributed by atoms with Crippen LogP contribution in [-0.2, 0) is 6.54 Å². The number of hydrogen-bond donors (Lipinski definition) is 2. The molecule has 0 bridgehead atoms. The molecular weight excluding hydrogens is 376 g/mol. The van der Waals surface area contributed by atoms with E-state index in [0.717, 1.165) is 62.4 Å². The molecule has 0 radical (unpaired) electrons. The summed E-state index contributed by atoms with van der Waals surface area (Å²) in [6, 6.07) is 8.53. The van der Waals surface area contributed by atoms with Gasteiger partial charge in [0.05, 0.1) is 18.8 Å². The highest BCUT2D eigenvalue weighted by Crippen LogP contribution is 2.25. The van der Waals surface area contributed by atoms with Crippen LogP contribution in [0.3, 0.4) is 0 Å². The fourth-order valence-corrected chi connectivity index (χ4v) is 4.29. The van der Waals surface area contributed by atoms with Crippen LogP contribution in [-0.4, -0.2) is 55.1 Å². The molecule has 30 heavy (non-hydrogen) atoms. The minimum atomic E-state index is 0.229. The van der Waals surface area contributed by atoms with Crippen LogP contribution in [0.5, 0.6) is 0 Å². The number of furan rings is 1. The Hall–Kier alpha value is -2.54. The number of nitrogens with one attached hydrogen (secondary N) is 2. The molecule has 7 nitrogen and oxygen atoms in total. The van der Waals surface area contributed by atoms with E-state index < -0.39 is 0 Å². The van der Waals surface area contributed by atoms with Gasteiger partial charge in [-0.15, -0.1) is 0 Å². The Kier molecular flexibility index (Phi) is 7.24.